The number of rotatable bonds is 5. The highest BCUT2D eigenvalue weighted by Gasteiger charge is 2.36. The first-order valence-electron chi connectivity index (χ1n) is 7.42. The molecule has 0 aliphatic heterocycles. The summed E-state index contributed by atoms with van der Waals surface area (Å²) in [6.07, 6.45) is -2.61. The fourth-order valence-corrected chi connectivity index (χ4v) is 2.29. The first kappa shape index (κ1) is 16.8. The summed E-state index contributed by atoms with van der Waals surface area (Å²) < 4.78 is 38.3. The number of alkyl halides is 3. The second-order valence-electron chi connectivity index (χ2n) is 6.17. The maximum Gasteiger partial charge on any atom is 0.416 e. The van der Waals surface area contributed by atoms with Gasteiger partial charge in [0.25, 0.3) is 0 Å². The van der Waals surface area contributed by atoms with Gasteiger partial charge in [0, 0.05) is 12.6 Å². The number of carbonyl (C=O) groups is 1. The van der Waals surface area contributed by atoms with Gasteiger partial charge < -0.3 is 10.6 Å². The lowest BCUT2D eigenvalue weighted by molar-refractivity contribution is -0.137. The van der Waals surface area contributed by atoms with E-state index in [1.165, 1.54) is 6.07 Å². The van der Waals surface area contributed by atoms with Crippen molar-refractivity contribution in [2.75, 3.05) is 0 Å². The van der Waals surface area contributed by atoms with Crippen LogP contribution < -0.4 is 5.73 Å². The number of nitrogens with two attached hydrogens (primary N) is 1. The Hall–Kier alpha value is -1.56. The van der Waals surface area contributed by atoms with Gasteiger partial charge in [-0.1, -0.05) is 26.0 Å². The predicted molar refractivity (Wildman–Crippen MR) is 77.8 cm³/mol. The van der Waals surface area contributed by atoms with Crippen LogP contribution in [0.25, 0.3) is 0 Å². The third kappa shape index (κ3) is 4.00. The molecule has 1 saturated carbocycles. The molecule has 1 fully saturated rings. The summed E-state index contributed by atoms with van der Waals surface area (Å²) in [4.78, 5) is 14.1. The van der Waals surface area contributed by atoms with Crippen LogP contribution in [-0.2, 0) is 17.5 Å². The number of carbonyl (C=O) groups excluding carboxylic acids is 1. The molecule has 1 aliphatic rings. The molecule has 1 atom stereocenters. The van der Waals surface area contributed by atoms with Crippen LogP contribution in [0.5, 0.6) is 0 Å². The van der Waals surface area contributed by atoms with E-state index in [-0.39, 0.29) is 24.4 Å². The smallest absolute Gasteiger partial charge is 0.334 e. The molecule has 1 aromatic rings. The summed E-state index contributed by atoms with van der Waals surface area (Å²) in [5.41, 5.74) is 5.69. The molecule has 1 amide bonds. The van der Waals surface area contributed by atoms with Crippen LogP contribution in [0.1, 0.15) is 37.8 Å². The average molecular weight is 314 g/mol. The summed E-state index contributed by atoms with van der Waals surface area (Å²) in [6, 6.07) is 4.60. The molecule has 2 N–H and O–H groups in total. The molecular weight excluding hydrogens is 293 g/mol. The van der Waals surface area contributed by atoms with E-state index in [0.717, 1.165) is 25.0 Å². The highest BCUT2D eigenvalue weighted by molar-refractivity contribution is 5.82. The number of amides is 1. The SMILES string of the molecule is CC(C)[C@H](N)C(=O)N(Cc1cccc(C(F)(F)F)c1)C1CC1. The molecule has 6 heteroatoms. The molecule has 0 radical (unpaired) electrons. The summed E-state index contributed by atoms with van der Waals surface area (Å²) in [5, 5.41) is 0. The Morgan fingerprint density at radius 3 is 2.50 bits per heavy atom. The maximum atomic E-state index is 12.8. The molecule has 0 heterocycles. The van der Waals surface area contributed by atoms with E-state index in [4.69, 9.17) is 5.73 Å². The Kier molecular flexibility index (Phi) is 4.80. The molecule has 0 unspecified atom stereocenters. The molecule has 0 saturated heterocycles. The lowest BCUT2D eigenvalue weighted by atomic mass is 10.0. The molecule has 3 nitrogen and oxygen atoms in total. The van der Waals surface area contributed by atoms with Crippen LogP contribution >= 0.6 is 0 Å². The zero-order chi connectivity index (χ0) is 16.5. The summed E-state index contributed by atoms with van der Waals surface area (Å²) >= 11 is 0. The Morgan fingerprint density at radius 1 is 1.36 bits per heavy atom. The Morgan fingerprint density at radius 2 is 2.00 bits per heavy atom. The minimum absolute atomic E-state index is 0.00439. The van der Waals surface area contributed by atoms with Crippen LogP contribution in [0.2, 0.25) is 0 Å². The van der Waals surface area contributed by atoms with E-state index in [9.17, 15) is 18.0 Å². The second-order valence-corrected chi connectivity index (χ2v) is 6.17. The van der Waals surface area contributed by atoms with Gasteiger partial charge in [0.1, 0.15) is 0 Å². The normalized spacial score (nSPS) is 16.7. The Balaban J connectivity index is 2.17. The van der Waals surface area contributed by atoms with E-state index < -0.39 is 17.8 Å². The molecule has 22 heavy (non-hydrogen) atoms. The van der Waals surface area contributed by atoms with Gasteiger partial charge in [0.05, 0.1) is 11.6 Å². The monoisotopic (exact) mass is 314 g/mol. The molecule has 0 aromatic heterocycles. The Bertz CT molecular complexity index is 538. The van der Waals surface area contributed by atoms with Gasteiger partial charge in [-0.25, -0.2) is 0 Å². The third-order valence-corrected chi connectivity index (χ3v) is 3.88. The first-order valence-corrected chi connectivity index (χ1v) is 7.42. The van der Waals surface area contributed by atoms with Crippen molar-refractivity contribution in [3.05, 3.63) is 35.4 Å². The molecular formula is C16H21F3N2O. The number of halogens is 3. The van der Waals surface area contributed by atoms with Gasteiger partial charge in [-0.2, -0.15) is 13.2 Å². The number of nitrogens with zero attached hydrogens (tertiary/aromatic N) is 1. The van der Waals surface area contributed by atoms with Crippen LogP contribution in [-0.4, -0.2) is 22.9 Å². The molecule has 1 aliphatic carbocycles. The van der Waals surface area contributed by atoms with Crippen molar-refractivity contribution in [3.63, 3.8) is 0 Å². The largest absolute Gasteiger partial charge is 0.416 e. The van der Waals surface area contributed by atoms with Gasteiger partial charge in [0.15, 0.2) is 0 Å². The third-order valence-electron chi connectivity index (χ3n) is 3.88. The summed E-state index contributed by atoms with van der Waals surface area (Å²) in [7, 11) is 0. The van der Waals surface area contributed by atoms with Gasteiger partial charge in [0.2, 0.25) is 5.91 Å². The standard InChI is InChI=1S/C16H21F3N2O/c1-10(2)14(20)15(22)21(13-6-7-13)9-11-4-3-5-12(8-11)16(17,18)19/h3-5,8,10,13-14H,6-7,9,20H2,1-2H3/t14-/m0/s1. The predicted octanol–water partition coefficient (Wildman–Crippen LogP) is 3.18. The molecule has 2 rings (SSSR count). The van der Waals surface area contributed by atoms with Crippen molar-refractivity contribution in [1.29, 1.82) is 0 Å². The molecule has 122 valence electrons. The van der Waals surface area contributed by atoms with Crippen molar-refractivity contribution in [2.24, 2.45) is 11.7 Å². The maximum absolute atomic E-state index is 12.8. The average Bonchev–Trinajstić information content (AvgIpc) is 3.27. The van der Waals surface area contributed by atoms with Gasteiger partial charge >= 0.3 is 6.18 Å². The van der Waals surface area contributed by atoms with Crippen LogP contribution in [0.4, 0.5) is 13.2 Å². The van der Waals surface area contributed by atoms with E-state index in [1.54, 1.807) is 11.0 Å². The number of hydrogen-bond donors (Lipinski definition) is 1. The van der Waals surface area contributed by atoms with Crippen LogP contribution in [0, 0.1) is 5.92 Å². The van der Waals surface area contributed by atoms with Gasteiger partial charge in [-0.05, 0) is 36.5 Å². The zero-order valence-electron chi connectivity index (χ0n) is 12.7. The Labute approximate surface area is 128 Å². The number of benzene rings is 1. The van der Waals surface area contributed by atoms with E-state index in [2.05, 4.69) is 0 Å². The minimum Gasteiger partial charge on any atom is -0.334 e. The quantitative estimate of drug-likeness (QED) is 0.907. The van der Waals surface area contributed by atoms with E-state index >= 15 is 0 Å². The van der Waals surface area contributed by atoms with Crippen molar-refractivity contribution in [1.82, 2.24) is 4.90 Å². The van der Waals surface area contributed by atoms with Gasteiger partial charge in [-0.3, -0.25) is 4.79 Å². The van der Waals surface area contributed by atoms with Crippen LogP contribution in [0.3, 0.4) is 0 Å². The molecule has 1 aromatic carbocycles. The minimum atomic E-state index is -4.38. The highest BCUT2D eigenvalue weighted by atomic mass is 19.4. The lowest BCUT2D eigenvalue weighted by Gasteiger charge is -2.27. The van der Waals surface area contributed by atoms with Crippen molar-refractivity contribution in [3.8, 4) is 0 Å². The number of hydrogen-bond acceptors (Lipinski definition) is 2. The second kappa shape index (κ2) is 6.28. The summed E-state index contributed by atoms with van der Waals surface area (Å²) in [5.74, 6) is -0.190. The fraction of sp³-hybridized carbons (Fsp3) is 0.562. The van der Waals surface area contributed by atoms with Crippen molar-refractivity contribution >= 4 is 5.91 Å². The molecule has 0 spiro atoms. The highest BCUT2D eigenvalue weighted by Crippen LogP contribution is 2.32. The van der Waals surface area contributed by atoms with E-state index in [1.807, 2.05) is 13.8 Å². The van der Waals surface area contributed by atoms with Crippen molar-refractivity contribution < 1.29 is 18.0 Å². The summed E-state index contributed by atoms with van der Waals surface area (Å²) in [6.45, 7) is 3.89. The first-order chi connectivity index (χ1) is 10.2. The molecule has 0 bridgehead atoms. The van der Waals surface area contributed by atoms with E-state index in [0.29, 0.717) is 5.56 Å². The zero-order valence-corrected chi connectivity index (χ0v) is 12.7. The van der Waals surface area contributed by atoms with Gasteiger partial charge in [-0.15, -0.1) is 0 Å². The topological polar surface area (TPSA) is 46.3 Å². The van der Waals surface area contributed by atoms with Crippen LogP contribution in [0.15, 0.2) is 24.3 Å². The van der Waals surface area contributed by atoms with Crippen molar-refractivity contribution in [2.45, 2.75) is 51.5 Å². The lowest BCUT2D eigenvalue weighted by Crippen LogP contribution is -2.47. The fourth-order valence-electron chi connectivity index (χ4n) is 2.29.